The Balaban J connectivity index is 1.74. The van der Waals surface area contributed by atoms with Crippen molar-refractivity contribution in [2.75, 3.05) is 5.32 Å². The number of aromatic amines is 1. The number of rotatable bonds is 3. The fourth-order valence-electron chi connectivity index (χ4n) is 2.64. The summed E-state index contributed by atoms with van der Waals surface area (Å²) < 4.78 is 1.38. The van der Waals surface area contributed by atoms with Crippen LogP contribution in [0.2, 0.25) is 0 Å². The molecule has 0 saturated carbocycles. The number of aromatic nitrogens is 2. The van der Waals surface area contributed by atoms with Gasteiger partial charge < -0.3 is 5.32 Å². The number of H-pyrrole nitrogens is 1. The lowest BCUT2D eigenvalue weighted by atomic mass is 10.1. The molecule has 110 valence electrons. The average Bonchev–Trinajstić information content (AvgIpc) is 2.49. The molecule has 0 saturated heterocycles. The van der Waals surface area contributed by atoms with E-state index in [0.717, 1.165) is 12.2 Å². The molecule has 2 atom stereocenters. The van der Waals surface area contributed by atoms with Crippen LogP contribution in [0.3, 0.4) is 0 Å². The molecule has 1 aromatic heterocycles. The number of nitrogens with zero attached hydrogens (tertiary/aromatic N) is 1. The van der Waals surface area contributed by atoms with Gasteiger partial charge in [-0.25, -0.2) is 4.68 Å². The summed E-state index contributed by atoms with van der Waals surface area (Å²) >= 11 is 0. The Morgan fingerprint density at radius 2 is 2.05 bits per heavy atom. The zero-order valence-corrected chi connectivity index (χ0v) is 11.8. The van der Waals surface area contributed by atoms with Crippen LogP contribution in [0.25, 0.3) is 0 Å². The second-order valence-electron chi connectivity index (χ2n) is 5.34. The Kier molecular flexibility index (Phi) is 3.62. The van der Waals surface area contributed by atoms with Gasteiger partial charge in [0.05, 0.1) is 12.2 Å². The standard InChI is InChI=1S/C15H18N4O2/c1-10(19-15(21)7-6-14(20)18-19)8-13-16-9-11-4-2-3-5-12(11)17-13/h2-7,10,13,16-17H,8-9H2,1H3,(H,18,20)/t10-,13+/m0/s1. The van der Waals surface area contributed by atoms with E-state index in [4.69, 9.17) is 0 Å². The van der Waals surface area contributed by atoms with Gasteiger partial charge >= 0.3 is 0 Å². The largest absolute Gasteiger partial charge is 0.369 e. The number of hydrogen-bond acceptors (Lipinski definition) is 4. The lowest BCUT2D eigenvalue weighted by Gasteiger charge is -2.30. The van der Waals surface area contributed by atoms with Gasteiger partial charge in [-0.3, -0.25) is 20.0 Å². The topological polar surface area (TPSA) is 78.9 Å². The summed E-state index contributed by atoms with van der Waals surface area (Å²) in [5.41, 5.74) is 1.88. The fraction of sp³-hybridized carbons (Fsp3) is 0.333. The number of fused-ring (bicyclic) bond motifs is 1. The molecule has 6 heteroatoms. The van der Waals surface area contributed by atoms with Gasteiger partial charge in [-0.15, -0.1) is 0 Å². The first-order chi connectivity index (χ1) is 10.1. The summed E-state index contributed by atoms with van der Waals surface area (Å²) in [5, 5.41) is 9.38. The maximum Gasteiger partial charge on any atom is 0.265 e. The zero-order valence-electron chi connectivity index (χ0n) is 11.8. The molecule has 0 fully saturated rings. The van der Waals surface area contributed by atoms with Crippen LogP contribution in [-0.2, 0) is 6.54 Å². The molecule has 6 nitrogen and oxygen atoms in total. The summed E-state index contributed by atoms with van der Waals surface area (Å²) in [7, 11) is 0. The van der Waals surface area contributed by atoms with Crippen molar-refractivity contribution >= 4 is 5.69 Å². The van der Waals surface area contributed by atoms with Crippen molar-refractivity contribution < 1.29 is 0 Å². The maximum atomic E-state index is 11.8. The van der Waals surface area contributed by atoms with Gasteiger partial charge in [0.2, 0.25) is 0 Å². The third-order valence-corrected chi connectivity index (χ3v) is 3.75. The molecule has 3 rings (SSSR count). The van der Waals surface area contributed by atoms with E-state index in [0.29, 0.717) is 6.42 Å². The Labute approximate surface area is 121 Å². The van der Waals surface area contributed by atoms with Crippen molar-refractivity contribution in [2.24, 2.45) is 0 Å². The molecule has 2 heterocycles. The minimum Gasteiger partial charge on any atom is -0.369 e. The maximum absolute atomic E-state index is 11.8. The highest BCUT2D eigenvalue weighted by Gasteiger charge is 2.20. The zero-order chi connectivity index (χ0) is 14.8. The van der Waals surface area contributed by atoms with Crippen LogP contribution in [0.5, 0.6) is 0 Å². The van der Waals surface area contributed by atoms with E-state index in [1.54, 1.807) is 0 Å². The fourth-order valence-corrected chi connectivity index (χ4v) is 2.64. The highest BCUT2D eigenvalue weighted by atomic mass is 16.1. The van der Waals surface area contributed by atoms with Gasteiger partial charge in [0.25, 0.3) is 11.1 Å². The molecule has 0 amide bonds. The summed E-state index contributed by atoms with van der Waals surface area (Å²) in [6, 6.07) is 10.6. The lowest BCUT2D eigenvalue weighted by molar-refractivity contribution is 0.374. The van der Waals surface area contributed by atoms with E-state index in [1.807, 2.05) is 25.1 Å². The van der Waals surface area contributed by atoms with Crippen molar-refractivity contribution in [3.63, 3.8) is 0 Å². The number of para-hydroxylation sites is 1. The van der Waals surface area contributed by atoms with Gasteiger partial charge in [0.15, 0.2) is 0 Å². The van der Waals surface area contributed by atoms with Crippen molar-refractivity contribution in [3.8, 4) is 0 Å². The van der Waals surface area contributed by atoms with Gasteiger partial charge in [-0.2, -0.15) is 0 Å². The third-order valence-electron chi connectivity index (χ3n) is 3.75. The molecule has 1 aliphatic rings. The minimum atomic E-state index is -0.267. The van der Waals surface area contributed by atoms with E-state index >= 15 is 0 Å². The van der Waals surface area contributed by atoms with Crippen LogP contribution in [0.15, 0.2) is 46.0 Å². The van der Waals surface area contributed by atoms with Crippen LogP contribution in [0, 0.1) is 0 Å². The van der Waals surface area contributed by atoms with E-state index in [2.05, 4.69) is 21.8 Å². The normalized spacial score (nSPS) is 18.6. The number of nitrogens with one attached hydrogen (secondary N) is 3. The molecule has 21 heavy (non-hydrogen) atoms. The summed E-state index contributed by atoms with van der Waals surface area (Å²) in [5.74, 6) is 0. The first kappa shape index (κ1) is 13.6. The monoisotopic (exact) mass is 286 g/mol. The van der Waals surface area contributed by atoms with E-state index in [9.17, 15) is 9.59 Å². The van der Waals surface area contributed by atoms with Crippen LogP contribution in [0.1, 0.15) is 24.9 Å². The van der Waals surface area contributed by atoms with Crippen LogP contribution in [0.4, 0.5) is 5.69 Å². The molecule has 1 aliphatic heterocycles. The van der Waals surface area contributed by atoms with Crippen LogP contribution in [-0.4, -0.2) is 15.9 Å². The molecular formula is C15H18N4O2. The average molecular weight is 286 g/mol. The molecule has 0 bridgehead atoms. The molecule has 3 N–H and O–H groups in total. The number of benzene rings is 1. The Morgan fingerprint density at radius 1 is 1.24 bits per heavy atom. The lowest BCUT2D eigenvalue weighted by Crippen LogP contribution is -2.42. The Bertz CT molecular complexity index is 750. The second-order valence-corrected chi connectivity index (χ2v) is 5.34. The van der Waals surface area contributed by atoms with Gasteiger partial charge in [0, 0.05) is 30.8 Å². The van der Waals surface area contributed by atoms with Gasteiger partial charge in [-0.1, -0.05) is 18.2 Å². The molecular weight excluding hydrogens is 268 g/mol. The molecule has 0 aliphatic carbocycles. The Morgan fingerprint density at radius 3 is 2.90 bits per heavy atom. The van der Waals surface area contributed by atoms with Gasteiger partial charge in [-0.05, 0) is 18.6 Å². The first-order valence-electron chi connectivity index (χ1n) is 7.03. The molecule has 2 aromatic rings. The van der Waals surface area contributed by atoms with Crippen molar-refractivity contribution in [1.29, 1.82) is 0 Å². The summed E-state index contributed by atoms with van der Waals surface area (Å²) in [6.45, 7) is 2.71. The molecule has 0 radical (unpaired) electrons. The van der Waals surface area contributed by atoms with Crippen molar-refractivity contribution in [2.45, 2.75) is 32.1 Å². The quantitative estimate of drug-likeness (QED) is 0.787. The molecule has 0 spiro atoms. The predicted molar refractivity (Wildman–Crippen MR) is 81.3 cm³/mol. The second kappa shape index (κ2) is 5.57. The third kappa shape index (κ3) is 2.90. The summed E-state index contributed by atoms with van der Waals surface area (Å²) in [4.78, 5) is 23.2. The highest BCUT2D eigenvalue weighted by molar-refractivity contribution is 5.53. The predicted octanol–water partition coefficient (Wildman–Crippen LogP) is 1.03. The van der Waals surface area contributed by atoms with Crippen molar-refractivity contribution in [3.05, 3.63) is 62.7 Å². The number of anilines is 1. The SMILES string of the molecule is C[C@@H](C[C@@H]1NCc2ccccc2N1)n1[nH]c(=O)ccc1=O. The minimum absolute atomic E-state index is 0.0607. The van der Waals surface area contributed by atoms with Gasteiger partial charge in [0.1, 0.15) is 0 Å². The van der Waals surface area contributed by atoms with Crippen LogP contribution < -0.4 is 21.8 Å². The smallest absolute Gasteiger partial charge is 0.265 e. The van der Waals surface area contributed by atoms with Crippen LogP contribution >= 0.6 is 0 Å². The summed E-state index contributed by atoms with van der Waals surface area (Å²) in [6.07, 6.45) is 0.749. The van der Waals surface area contributed by atoms with Crippen molar-refractivity contribution in [1.82, 2.24) is 15.1 Å². The van der Waals surface area contributed by atoms with E-state index < -0.39 is 0 Å². The molecule has 1 aromatic carbocycles. The number of hydrogen-bond donors (Lipinski definition) is 3. The first-order valence-corrected chi connectivity index (χ1v) is 7.03. The molecule has 0 unspecified atom stereocenters. The Hall–Kier alpha value is -2.34. The van der Waals surface area contributed by atoms with E-state index in [1.165, 1.54) is 22.4 Å². The van der Waals surface area contributed by atoms with E-state index in [-0.39, 0.29) is 23.3 Å². The highest BCUT2D eigenvalue weighted by Crippen LogP contribution is 2.22.